The third kappa shape index (κ3) is 6.13. The standard InChI is InChI=1S/C22H27NO4/c1-4-17(18-9-7-6-8-10-18)15-23-21(24)16(3)27-22(25)19-11-13-20(14-12-19)26-5-2/h6-14,16-17H,4-5,15H2,1-3H3,(H,23,24)/t16-,17-/m1/s1. The van der Waals surface area contributed by atoms with E-state index in [2.05, 4.69) is 24.4 Å². The van der Waals surface area contributed by atoms with E-state index in [1.807, 2.05) is 25.1 Å². The molecule has 0 aromatic heterocycles. The van der Waals surface area contributed by atoms with E-state index in [1.165, 1.54) is 5.56 Å². The summed E-state index contributed by atoms with van der Waals surface area (Å²) in [5.74, 6) is 0.0787. The first-order valence-corrected chi connectivity index (χ1v) is 9.31. The number of nitrogens with one attached hydrogen (secondary N) is 1. The quantitative estimate of drug-likeness (QED) is 0.680. The number of amides is 1. The molecule has 0 bridgehead atoms. The van der Waals surface area contributed by atoms with Gasteiger partial charge in [-0.3, -0.25) is 4.79 Å². The molecule has 0 heterocycles. The van der Waals surface area contributed by atoms with Gasteiger partial charge in [-0.15, -0.1) is 0 Å². The maximum atomic E-state index is 12.3. The maximum absolute atomic E-state index is 12.3. The van der Waals surface area contributed by atoms with Crippen LogP contribution in [0.2, 0.25) is 0 Å². The van der Waals surface area contributed by atoms with E-state index in [-0.39, 0.29) is 11.8 Å². The van der Waals surface area contributed by atoms with Crippen LogP contribution in [-0.4, -0.2) is 31.1 Å². The molecule has 0 spiro atoms. The summed E-state index contributed by atoms with van der Waals surface area (Å²) >= 11 is 0. The molecule has 0 fully saturated rings. The molecule has 27 heavy (non-hydrogen) atoms. The second-order valence-electron chi connectivity index (χ2n) is 6.27. The van der Waals surface area contributed by atoms with Crippen molar-refractivity contribution in [2.45, 2.75) is 39.2 Å². The minimum Gasteiger partial charge on any atom is -0.494 e. The summed E-state index contributed by atoms with van der Waals surface area (Å²) in [6.45, 7) is 6.61. The molecular weight excluding hydrogens is 342 g/mol. The van der Waals surface area contributed by atoms with Gasteiger partial charge in [0.05, 0.1) is 12.2 Å². The molecule has 144 valence electrons. The molecule has 5 nitrogen and oxygen atoms in total. The van der Waals surface area contributed by atoms with Gasteiger partial charge in [0.1, 0.15) is 5.75 Å². The summed E-state index contributed by atoms with van der Waals surface area (Å²) in [5, 5.41) is 2.88. The van der Waals surface area contributed by atoms with Crippen LogP contribution >= 0.6 is 0 Å². The van der Waals surface area contributed by atoms with Crippen LogP contribution in [0.15, 0.2) is 54.6 Å². The smallest absolute Gasteiger partial charge is 0.338 e. The molecule has 0 saturated carbocycles. The van der Waals surface area contributed by atoms with E-state index in [0.717, 1.165) is 6.42 Å². The van der Waals surface area contributed by atoms with Gasteiger partial charge >= 0.3 is 5.97 Å². The number of esters is 1. The van der Waals surface area contributed by atoms with Gasteiger partial charge in [-0.1, -0.05) is 37.3 Å². The zero-order valence-electron chi connectivity index (χ0n) is 16.1. The van der Waals surface area contributed by atoms with Crippen molar-refractivity contribution in [3.63, 3.8) is 0 Å². The van der Waals surface area contributed by atoms with E-state index in [9.17, 15) is 9.59 Å². The van der Waals surface area contributed by atoms with Crippen LogP contribution < -0.4 is 10.1 Å². The third-order valence-electron chi connectivity index (χ3n) is 4.34. The second-order valence-corrected chi connectivity index (χ2v) is 6.27. The number of carbonyl (C=O) groups excluding carboxylic acids is 2. The van der Waals surface area contributed by atoms with Crippen molar-refractivity contribution in [3.8, 4) is 5.75 Å². The number of hydrogen-bond donors (Lipinski definition) is 1. The Bertz CT molecular complexity index is 728. The van der Waals surface area contributed by atoms with Crippen LogP contribution in [0.3, 0.4) is 0 Å². The number of carbonyl (C=O) groups is 2. The zero-order chi connectivity index (χ0) is 19.6. The van der Waals surface area contributed by atoms with Gasteiger partial charge in [-0.05, 0) is 50.1 Å². The van der Waals surface area contributed by atoms with Crippen molar-refractivity contribution in [3.05, 3.63) is 65.7 Å². The average molecular weight is 369 g/mol. The van der Waals surface area contributed by atoms with E-state index >= 15 is 0 Å². The maximum Gasteiger partial charge on any atom is 0.338 e. The fourth-order valence-electron chi connectivity index (χ4n) is 2.73. The molecule has 2 aromatic rings. The van der Waals surface area contributed by atoms with E-state index < -0.39 is 12.1 Å². The highest BCUT2D eigenvalue weighted by atomic mass is 16.5. The molecule has 2 atom stereocenters. The monoisotopic (exact) mass is 369 g/mol. The SMILES string of the molecule is CCOc1ccc(C(=O)O[C@H](C)C(=O)NC[C@@H](CC)c2ccccc2)cc1. The lowest BCUT2D eigenvalue weighted by Crippen LogP contribution is -2.38. The average Bonchev–Trinajstić information content (AvgIpc) is 2.69. The predicted molar refractivity (Wildman–Crippen MR) is 105 cm³/mol. The lowest BCUT2D eigenvalue weighted by molar-refractivity contribution is -0.129. The van der Waals surface area contributed by atoms with Crippen LogP contribution in [0.25, 0.3) is 0 Å². The molecule has 5 heteroatoms. The van der Waals surface area contributed by atoms with Crippen LogP contribution in [0.5, 0.6) is 5.75 Å². The van der Waals surface area contributed by atoms with Gasteiger partial charge in [-0.2, -0.15) is 0 Å². The van der Waals surface area contributed by atoms with Gasteiger partial charge in [0.25, 0.3) is 5.91 Å². The Labute approximate surface area is 160 Å². The molecule has 0 aliphatic carbocycles. The highest BCUT2D eigenvalue weighted by molar-refractivity contribution is 5.92. The number of rotatable bonds is 9. The summed E-state index contributed by atoms with van der Waals surface area (Å²) in [5.41, 5.74) is 1.56. The Hall–Kier alpha value is -2.82. The van der Waals surface area contributed by atoms with Crippen molar-refractivity contribution in [2.75, 3.05) is 13.2 Å². The molecule has 0 aliphatic rings. The predicted octanol–water partition coefficient (Wildman–Crippen LogP) is 3.94. The fraction of sp³-hybridized carbons (Fsp3) is 0.364. The first-order chi connectivity index (χ1) is 13.0. The van der Waals surface area contributed by atoms with Crippen molar-refractivity contribution in [1.82, 2.24) is 5.32 Å². The summed E-state index contributed by atoms with van der Waals surface area (Å²) in [4.78, 5) is 24.5. The van der Waals surface area contributed by atoms with Gasteiger partial charge in [0, 0.05) is 12.5 Å². The molecule has 0 aliphatic heterocycles. The zero-order valence-corrected chi connectivity index (χ0v) is 16.1. The number of hydrogen-bond acceptors (Lipinski definition) is 4. The number of ether oxygens (including phenoxy) is 2. The highest BCUT2D eigenvalue weighted by Gasteiger charge is 2.20. The summed E-state index contributed by atoms with van der Waals surface area (Å²) < 4.78 is 10.6. The minimum atomic E-state index is -0.864. The van der Waals surface area contributed by atoms with Crippen LogP contribution in [0, 0.1) is 0 Å². The molecule has 1 N–H and O–H groups in total. The molecule has 2 aromatic carbocycles. The van der Waals surface area contributed by atoms with Crippen LogP contribution in [-0.2, 0) is 9.53 Å². The molecular formula is C22H27NO4. The van der Waals surface area contributed by atoms with Gasteiger partial charge in [-0.25, -0.2) is 4.79 Å². The number of benzene rings is 2. The molecule has 1 amide bonds. The fourth-order valence-corrected chi connectivity index (χ4v) is 2.73. The first-order valence-electron chi connectivity index (χ1n) is 9.31. The largest absolute Gasteiger partial charge is 0.494 e. The van der Waals surface area contributed by atoms with Crippen molar-refractivity contribution in [2.24, 2.45) is 0 Å². The lowest BCUT2D eigenvalue weighted by Gasteiger charge is -2.18. The Balaban J connectivity index is 1.86. The van der Waals surface area contributed by atoms with Crippen LogP contribution in [0.1, 0.15) is 49.0 Å². The molecule has 0 unspecified atom stereocenters. The van der Waals surface area contributed by atoms with E-state index in [1.54, 1.807) is 31.2 Å². The first kappa shape index (κ1) is 20.5. The normalized spacial score (nSPS) is 12.7. The second kappa shape index (κ2) is 10.4. The van der Waals surface area contributed by atoms with E-state index in [4.69, 9.17) is 9.47 Å². The van der Waals surface area contributed by atoms with E-state index in [0.29, 0.717) is 24.5 Å². The summed E-state index contributed by atoms with van der Waals surface area (Å²) in [6.07, 6.45) is 0.0438. The van der Waals surface area contributed by atoms with Gasteiger partial charge in [0.2, 0.25) is 0 Å². The summed E-state index contributed by atoms with van der Waals surface area (Å²) in [6, 6.07) is 16.7. The Morgan fingerprint density at radius 3 is 2.26 bits per heavy atom. The molecule has 0 radical (unpaired) electrons. The topological polar surface area (TPSA) is 64.6 Å². The third-order valence-corrected chi connectivity index (χ3v) is 4.34. The Kier molecular flexibility index (Phi) is 7.86. The van der Waals surface area contributed by atoms with Crippen molar-refractivity contribution < 1.29 is 19.1 Å². The van der Waals surface area contributed by atoms with Gasteiger partial charge in [0.15, 0.2) is 6.10 Å². The van der Waals surface area contributed by atoms with Crippen LogP contribution in [0.4, 0.5) is 0 Å². The molecule has 0 saturated heterocycles. The Morgan fingerprint density at radius 2 is 1.67 bits per heavy atom. The Morgan fingerprint density at radius 1 is 1.00 bits per heavy atom. The summed E-state index contributed by atoms with van der Waals surface area (Å²) in [7, 11) is 0. The van der Waals surface area contributed by atoms with Gasteiger partial charge < -0.3 is 14.8 Å². The minimum absolute atomic E-state index is 0.226. The van der Waals surface area contributed by atoms with Crippen molar-refractivity contribution in [1.29, 1.82) is 0 Å². The van der Waals surface area contributed by atoms with Crippen molar-refractivity contribution >= 4 is 11.9 Å². The molecule has 2 rings (SSSR count). The lowest BCUT2D eigenvalue weighted by atomic mass is 9.96. The highest BCUT2D eigenvalue weighted by Crippen LogP contribution is 2.18.